The molecule has 1 aliphatic heterocycles. The number of hydrogen-bond donors (Lipinski definition) is 4. The highest BCUT2D eigenvalue weighted by atomic mass is 35.5. The minimum Gasteiger partial charge on any atom is -0.370 e. The number of nitrogens with zero attached hydrogens (tertiary/aromatic N) is 8. The van der Waals surface area contributed by atoms with Gasteiger partial charge in [-0.05, 0) is 22.9 Å². The Hall–Kier alpha value is -2.81. The average Bonchev–Trinajstić information content (AvgIpc) is 3.24. The molecule has 1 saturated carbocycles. The van der Waals surface area contributed by atoms with E-state index in [1.54, 1.807) is 6.20 Å². The molecule has 3 rings (SSSR count). The lowest BCUT2D eigenvalue weighted by molar-refractivity contribution is 0.334. The molecule has 132 valence electrons. The molecule has 0 radical (unpaired) electrons. The van der Waals surface area contributed by atoms with Gasteiger partial charge in [-0.3, -0.25) is 4.99 Å². The second kappa shape index (κ2) is 6.60. The lowest BCUT2D eigenvalue weighted by Gasteiger charge is -2.34. The first-order chi connectivity index (χ1) is 12.0. The van der Waals surface area contributed by atoms with Crippen LogP contribution in [-0.4, -0.2) is 46.5 Å². The Kier molecular flexibility index (Phi) is 4.49. The summed E-state index contributed by atoms with van der Waals surface area (Å²) >= 11 is 6.79. The number of hydrogen-bond acceptors (Lipinski definition) is 7. The smallest absolute Gasteiger partial charge is 0.197 e. The van der Waals surface area contributed by atoms with E-state index >= 15 is 0 Å². The quantitative estimate of drug-likeness (QED) is 0.263. The van der Waals surface area contributed by atoms with Crippen LogP contribution in [0.3, 0.4) is 0 Å². The van der Waals surface area contributed by atoms with Crippen molar-refractivity contribution in [3.8, 4) is 0 Å². The van der Waals surface area contributed by atoms with E-state index in [0.717, 1.165) is 5.69 Å². The Morgan fingerprint density at radius 3 is 2.48 bits per heavy atom. The number of alkyl halides is 1. The predicted octanol–water partition coefficient (Wildman–Crippen LogP) is 1.21. The summed E-state index contributed by atoms with van der Waals surface area (Å²) < 4.78 is 0. The summed E-state index contributed by atoms with van der Waals surface area (Å²) in [5.41, 5.74) is 29.1. The Bertz CT molecular complexity index is 775. The van der Waals surface area contributed by atoms with Crippen molar-refractivity contribution in [2.75, 3.05) is 25.4 Å². The largest absolute Gasteiger partial charge is 0.370 e. The fourth-order valence-corrected chi connectivity index (χ4v) is 4.54. The van der Waals surface area contributed by atoms with E-state index in [2.05, 4.69) is 40.3 Å². The van der Waals surface area contributed by atoms with E-state index < -0.39 is 10.9 Å². The lowest BCUT2D eigenvalue weighted by Crippen LogP contribution is -2.56. The molecule has 0 saturated heterocycles. The molecule has 5 atom stereocenters. The van der Waals surface area contributed by atoms with E-state index in [0.29, 0.717) is 6.54 Å². The topological polar surface area (TPSA) is 203 Å². The molecule has 0 amide bonds. The molecule has 0 unspecified atom stereocenters. The number of guanidine groups is 1. The van der Waals surface area contributed by atoms with Crippen LogP contribution in [0.4, 0.5) is 5.95 Å². The van der Waals surface area contributed by atoms with Gasteiger partial charge in [-0.2, -0.15) is 0 Å². The van der Waals surface area contributed by atoms with Gasteiger partial charge in [0.2, 0.25) is 0 Å². The minimum absolute atomic E-state index is 0.166. The number of anilines is 1. The number of aliphatic imine (C=N–C) groups is 1. The molecule has 13 heteroatoms. The molecule has 1 aliphatic carbocycles. The van der Waals surface area contributed by atoms with E-state index in [-0.39, 0.29) is 42.8 Å². The number of aromatic amines is 1. The first-order valence-electron chi connectivity index (χ1n) is 7.57. The maximum absolute atomic E-state index is 8.76. The summed E-state index contributed by atoms with van der Waals surface area (Å²) in [6, 6.07) is 0. The van der Waals surface area contributed by atoms with Gasteiger partial charge < -0.3 is 21.8 Å². The van der Waals surface area contributed by atoms with Gasteiger partial charge >= 0.3 is 0 Å². The van der Waals surface area contributed by atoms with Crippen molar-refractivity contribution in [3.05, 3.63) is 32.8 Å². The summed E-state index contributed by atoms with van der Waals surface area (Å²) in [6.45, 7) is 0.689. The number of azide groups is 2. The zero-order valence-corrected chi connectivity index (χ0v) is 13.9. The summed E-state index contributed by atoms with van der Waals surface area (Å²) in [5, 5.41) is 10.1. The normalized spacial score (nSPS) is 33.4. The van der Waals surface area contributed by atoms with E-state index in [1.165, 1.54) is 0 Å². The van der Waals surface area contributed by atoms with Crippen LogP contribution >= 0.6 is 11.6 Å². The van der Waals surface area contributed by atoms with Crippen molar-refractivity contribution in [2.45, 2.75) is 16.8 Å². The van der Waals surface area contributed by atoms with Crippen LogP contribution in [-0.2, 0) is 0 Å². The van der Waals surface area contributed by atoms with Crippen molar-refractivity contribution in [2.24, 2.45) is 32.8 Å². The van der Waals surface area contributed by atoms with Crippen molar-refractivity contribution in [3.63, 3.8) is 0 Å². The van der Waals surface area contributed by atoms with Crippen molar-refractivity contribution >= 4 is 23.5 Å². The molecule has 6 N–H and O–H groups in total. The Balaban J connectivity index is 2.08. The molecule has 1 aromatic heterocycles. The standard InChI is InChI=1S/C12H17ClN12/c13-9-6(2-21-25-17)5(1-20-24-16)8(7-3-18-10(14)22-7)12(9)4-19-11(15)23-12/h3,5-6,8-9H,1-2,4H2,(H3,14,18,22)(H3,15,19,23)/t5-,6-,8-,9+,12+/m1/s1. The van der Waals surface area contributed by atoms with Crippen LogP contribution in [0.1, 0.15) is 11.6 Å². The fourth-order valence-electron chi connectivity index (χ4n) is 4.01. The molecule has 2 aliphatic rings. The maximum Gasteiger partial charge on any atom is 0.197 e. The zero-order chi connectivity index (χ0) is 18.0. The third-order valence-electron chi connectivity index (χ3n) is 4.93. The fraction of sp³-hybridized carbons (Fsp3) is 0.667. The minimum atomic E-state index is -0.712. The number of rotatable bonds is 5. The van der Waals surface area contributed by atoms with Crippen LogP contribution in [0.5, 0.6) is 0 Å². The Morgan fingerprint density at radius 1 is 1.28 bits per heavy atom. The third kappa shape index (κ3) is 2.76. The number of imidazole rings is 1. The molecular weight excluding hydrogens is 348 g/mol. The second-order valence-corrected chi connectivity index (χ2v) is 6.59. The van der Waals surface area contributed by atoms with Crippen molar-refractivity contribution in [1.82, 2.24) is 15.3 Å². The summed E-state index contributed by atoms with van der Waals surface area (Å²) in [6.07, 6.45) is 1.63. The van der Waals surface area contributed by atoms with Gasteiger partial charge in [0.1, 0.15) is 0 Å². The number of nitrogen functional groups attached to an aromatic ring is 1. The van der Waals surface area contributed by atoms with Crippen LogP contribution in [0, 0.1) is 11.8 Å². The summed E-state index contributed by atoms with van der Waals surface area (Å²) in [4.78, 5) is 17.0. The predicted molar refractivity (Wildman–Crippen MR) is 92.7 cm³/mol. The Labute approximate surface area is 147 Å². The first kappa shape index (κ1) is 17.0. The highest BCUT2D eigenvalue weighted by Gasteiger charge is 2.61. The molecule has 25 heavy (non-hydrogen) atoms. The van der Waals surface area contributed by atoms with E-state index in [1.807, 2.05) is 0 Å². The van der Waals surface area contributed by atoms with E-state index in [4.69, 9.17) is 34.1 Å². The van der Waals surface area contributed by atoms with Gasteiger partial charge in [0.15, 0.2) is 11.9 Å². The monoisotopic (exact) mass is 364 g/mol. The van der Waals surface area contributed by atoms with Gasteiger partial charge in [0, 0.05) is 34.5 Å². The third-order valence-corrected chi connectivity index (χ3v) is 5.65. The molecule has 2 heterocycles. The molecule has 1 fully saturated rings. The molecule has 12 nitrogen and oxygen atoms in total. The highest BCUT2D eigenvalue weighted by molar-refractivity contribution is 6.22. The number of nitrogens with two attached hydrogens (primary N) is 2. The van der Waals surface area contributed by atoms with Crippen molar-refractivity contribution in [1.29, 1.82) is 0 Å². The van der Waals surface area contributed by atoms with Gasteiger partial charge in [-0.15, -0.1) is 11.6 Å². The molecule has 1 aromatic rings. The zero-order valence-electron chi connectivity index (χ0n) is 13.1. The van der Waals surface area contributed by atoms with Crippen LogP contribution in [0.25, 0.3) is 20.9 Å². The average molecular weight is 365 g/mol. The number of halogens is 1. The number of aromatic nitrogens is 2. The molecule has 1 spiro atoms. The SMILES string of the molecule is [N-]=[N+]=NC[C@@H]1[C@@H](CN=[N+]=[N-])[C@H](c2cnc(N)[nH]2)[C@@]2(CN=C(N)N2)[C@H]1Cl. The van der Waals surface area contributed by atoms with E-state index in [9.17, 15) is 0 Å². The van der Waals surface area contributed by atoms with Gasteiger partial charge in [-0.25, -0.2) is 4.98 Å². The Morgan fingerprint density at radius 2 is 1.96 bits per heavy atom. The maximum atomic E-state index is 8.76. The summed E-state index contributed by atoms with van der Waals surface area (Å²) in [5.74, 6) is -0.156. The lowest BCUT2D eigenvalue weighted by atomic mass is 9.80. The first-order valence-corrected chi connectivity index (χ1v) is 8.01. The highest BCUT2D eigenvalue weighted by Crippen LogP contribution is 2.53. The number of nitrogens with one attached hydrogen (secondary N) is 2. The van der Waals surface area contributed by atoms with Crippen LogP contribution in [0.15, 0.2) is 21.4 Å². The van der Waals surface area contributed by atoms with Gasteiger partial charge in [0.25, 0.3) is 0 Å². The summed E-state index contributed by atoms with van der Waals surface area (Å²) in [7, 11) is 0. The molecule has 0 bridgehead atoms. The van der Waals surface area contributed by atoms with Gasteiger partial charge in [0.05, 0.1) is 23.7 Å². The van der Waals surface area contributed by atoms with Gasteiger partial charge in [-0.1, -0.05) is 10.2 Å². The van der Waals surface area contributed by atoms with Crippen molar-refractivity contribution < 1.29 is 0 Å². The number of H-pyrrole nitrogens is 1. The molecular formula is C12H17ClN12. The van der Waals surface area contributed by atoms with Crippen LogP contribution in [0.2, 0.25) is 0 Å². The molecule has 0 aromatic carbocycles. The second-order valence-electron chi connectivity index (χ2n) is 6.12. The van der Waals surface area contributed by atoms with Crippen LogP contribution < -0.4 is 16.8 Å².